The Bertz CT molecular complexity index is 493. The number of benzene rings is 1. The minimum Gasteiger partial charge on any atom is -0.495 e. The number of nitriles is 1. The fourth-order valence-electron chi connectivity index (χ4n) is 2.60. The predicted octanol–water partition coefficient (Wildman–Crippen LogP) is 2.96. The summed E-state index contributed by atoms with van der Waals surface area (Å²) in [6, 6.07) is 10.1. The molecule has 4 heteroatoms. The molecule has 1 atom stereocenters. The lowest BCUT2D eigenvalue weighted by Crippen LogP contribution is -2.49. The molecule has 1 aromatic carbocycles. The molecule has 0 amide bonds. The van der Waals surface area contributed by atoms with Gasteiger partial charge in [0.2, 0.25) is 0 Å². The van der Waals surface area contributed by atoms with Crippen LogP contribution in [0.15, 0.2) is 24.3 Å². The van der Waals surface area contributed by atoms with E-state index in [1.54, 1.807) is 7.11 Å². The summed E-state index contributed by atoms with van der Waals surface area (Å²) in [7, 11) is 1.63. The second-order valence-corrected chi connectivity index (χ2v) is 5.55. The van der Waals surface area contributed by atoms with Crippen LogP contribution >= 0.6 is 0 Å². The SMILES string of the molecule is COc1ccccc1NC1(C#N)CCOC(C)(C)C1. The van der Waals surface area contributed by atoms with E-state index in [-0.39, 0.29) is 5.60 Å². The third-order valence-corrected chi connectivity index (χ3v) is 3.44. The molecule has 1 aromatic rings. The quantitative estimate of drug-likeness (QED) is 0.907. The van der Waals surface area contributed by atoms with Gasteiger partial charge in [-0.15, -0.1) is 0 Å². The maximum atomic E-state index is 9.59. The van der Waals surface area contributed by atoms with Gasteiger partial charge in [-0.1, -0.05) is 12.1 Å². The molecule has 19 heavy (non-hydrogen) atoms. The Morgan fingerprint density at radius 3 is 2.74 bits per heavy atom. The van der Waals surface area contributed by atoms with E-state index < -0.39 is 5.54 Å². The molecule has 2 rings (SSSR count). The lowest BCUT2D eigenvalue weighted by atomic mass is 9.82. The van der Waals surface area contributed by atoms with Crippen molar-refractivity contribution in [3.63, 3.8) is 0 Å². The summed E-state index contributed by atoms with van der Waals surface area (Å²) in [5.41, 5.74) is -0.0383. The highest BCUT2D eigenvalue weighted by Crippen LogP contribution is 2.36. The van der Waals surface area contributed by atoms with Gasteiger partial charge in [0.05, 0.1) is 31.1 Å². The van der Waals surface area contributed by atoms with E-state index in [0.29, 0.717) is 19.4 Å². The molecular formula is C15H20N2O2. The number of rotatable bonds is 3. The smallest absolute Gasteiger partial charge is 0.141 e. The van der Waals surface area contributed by atoms with Crippen molar-refractivity contribution in [1.29, 1.82) is 5.26 Å². The van der Waals surface area contributed by atoms with Gasteiger partial charge in [0, 0.05) is 12.8 Å². The largest absolute Gasteiger partial charge is 0.495 e. The maximum absolute atomic E-state index is 9.59. The molecule has 102 valence electrons. The first-order chi connectivity index (χ1) is 9.00. The van der Waals surface area contributed by atoms with Crippen molar-refractivity contribution >= 4 is 5.69 Å². The first-order valence-corrected chi connectivity index (χ1v) is 6.47. The number of anilines is 1. The van der Waals surface area contributed by atoms with Crippen molar-refractivity contribution in [2.24, 2.45) is 0 Å². The number of hydrogen-bond donors (Lipinski definition) is 1. The van der Waals surface area contributed by atoms with Crippen LogP contribution in [0.25, 0.3) is 0 Å². The van der Waals surface area contributed by atoms with Gasteiger partial charge in [0.1, 0.15) is 11.3 Å². The van der Waals surface area contributed by atoms with E-state index in [1.807, 2.05) is 38.1 Å². The van der Waals surface area contributed by atoms with Crippen LogP contribution in [0.2, 0.25) is 0 Å². The summed E-state index contributed by atoms with van der Waals surface area (Å²) >= 11 is 0. The zero-order chi connectivity index (χ0) is 13.9. The van der Waals surface area contributed by atoms with E-state index in [9.17, 15) is 5.26 Å². The Balaban J connectivity index is 2.26. The average molecular weight is 260 g/mol. The summed E-state index contributed by atoms with van der Waals surface area (Å²) in [6.45, 7) is 4.62. The second-order valence-electron chi connectivity index (χ2n) is 5.55. The highest BCUT2D eigenvalue weighted by Gasteiger charge is 2.41. The van der Waals surface area contributed by atoms with Gasteiger partial charge in [-0.05, 0) is 26.0 Å². The Kier molecular flexibility index (Phi) is 3.68. The Morgan fingerprint density at radius 2 is 2.11 bits per heavy atom. The molecule has 1 aliphatic heterocycles. The number of methoxy groups -OCH3 is 1. The van der Waals surface area contributed by atoms with Gasteiger partial charge < -0.3 is 14.8 Å². The van der Waals surface area contributed by atoms with Crippen LogP contribution in [-0.4, -0.2) is 24.9 Å². The Hall–Kier alpha value is -1.73. The van der Waals surface area contributed by atoms with E-state index in [2.05, 4.69) is 11.4 Å². The molecule has 0 radical (unpaired) electrons. The van der Waals surface area contributed by atoms with E-state index >= 15 is 0 Å². The van der Waals surface area contributed by atoms with Gasteiger partial charge >= 0.3 is 0 Å². The monoisotopic (exact) mass is 260 g/mol. The van der Waals surface area contributed by atoms with E-state index in [4.69, 9.17) is 9.47 Å². The number of nitrogens with zero attached hydrogens (tertiary/aromatic N) is 1. The summed E-state index contributed by atoms with van der Waals surface area (Å²) < 4.78 is 11.0. The van der Waals surface area contributed by atoms with Crippen LogP contribution in [0.3, 0.4) is 0 Å². The number of nitrogens with one attached hydrogen (secondary N) is 1. The molecule has 0 aromatic heterocycles. The van der Waals surface area contributed by atoms with Crippen LogP contribution in [0, 0.1) is 11.3 Å². The fraction of sp³-hybridized carbons (Fsp3) is 0.533. The molecule has 1 saturated heterocycles. The van der Waals surface area contributed by atoms with Gasteiger partial charge in [0.25, 0.3) is 0 Å². The van der Waals surface area contributed by atoms with E-state index in [0.717, 1.165) is 11.4 Å². The van der Waals surface area contributed by atoms with Crippen LogP contribution in [0.4, 0.5) is 5.69 Å². The third-order valence-electron chi connectivity index (χ3n) is 3.44. The normalized spacial score (nSPS) is 25.4. The summed E-state index contributed by atoms with van der Waals surface area (Å²) in [6.07, 6.45) is 1.32. The predicted molar refractivity (Wildman–Crippen MR) is 74.2 cm³/mol. The number of ether oxygens (including phenoxy) is 2. The fourth-order valence-corrected chi connectivity index (χ4v) is 2.60. The minimum atomic E-state index is -0.601. The Morgan fingerprint density at radius 1 is 1.37 bits per heavy atom. The van der Waals surface area contributed by atoms with Crippen molar-refractivity contribution in [3.05, 3.63) is 24.3 Å². The molecule has 0 aliphatic carbocycles. The summed E-state index contributed by atoms with van der Waals surface area (Å²) in [5, 5.41) is 12.9. The number of hydrogen-bond acceptors (Lipinski definition) is 4. The van der Waals surface area contributed by atoms with Crippen LogP contribution in [-0.2, 0) is 4.74 Å². The molecule has 1 fully saturated rings. The van der Waals surface area contributed by atoms with Crippen molar-refractivity contribution in [1.82, 2.24) is 0 Å². The Labute approximate surface area is 114 Å². The lowest BCUT2D eigenvalue weighted by Gasteiger charge is -2.41. The third kappa shape index (κ3) is 2.99. The highest BCUT2D eigenvalue weighted by molar-refractivity contribution is 5.59. The van der Waals surface area contributed by atoms with Gasteiger partial charge in [0.15, 0.2) is 0 Å². The maximum Gasteiger partial charge on any atom is 0.141 e. The van der Waals surface area contributed by atoms with Gasteiger partial charge in [-0.2, -0.15) is 5.26 Å². The topological polar surface area (TPSA) is 54.3 Å². The van der Waals surface area contributed by atoms with Crippen molar-refractivity contribution in [2.75, 3.05) is 19.0 Å². The lowest BCUT2D eigenvalue weighted by molar-refractivity contribution is -0.0659. The standard InChI is InChI=1S/C15H20N2O2/c1-14(2)10-15(11-16,8-9-19-14)17-12-6-4-5-7-13(12)18-3/h4-7,17H,8-10H2,1-3H3. The molecule has 0 spiro atoms. The molecule has 4 nitrogen and oxygen atoms in total. The van der Waals surface area contributed by atoms with Crippen molar-refractivity contribution in [2.45, 2.75) is 37.8 Å². The van der Waals surface area contributed by atoms with Crippen LogP contribution < -0.4 is 10.1 Å². The molecule has 1 heterocycles. The van der Waals surface area contributed by atoms with Gasteiger partial charge in [-0.3, -0.25) is 0 Å². The zero-order valence-corrected chi connectivity index (χ0v) is 11.7. The average Bonchev–Trinajstić information content (AvgIpc) is 2.38. The van der Waals surface area contributed by atoms with Crippen LogP contribution in [0.5, 0.6) is 5.75 Å². The van der Waals surface area contributed by atoms with Crippen LogP contribution in [0.1, 0.15) is 26.7 Å². The number of para-hydroxylation sites is 2. The molecule has 0 bridgehead atoms. The summed E-state index contributed by atoms with van der Waals surface area (Å²) in [4.78, 5) is 0. The minimum absolute atomic E-state index is 0.289. The zero-order valence-electron chi connectivity index (χ0n) is 11.7. The first-order valence-electron chi connectivity index (χ1n) is 6.47. The first kappa shape index (κ1) is 13.7. The van der Waals surface area contributed by atoms with E-state index in [1.165, 1.54) is 0 Å². The molecular weight excluding hydrogens is 240 g/mol. The van der Waals surface area contributed by atoms with Crippen molar-refractivity contribution < 1.29 is 9.47 Å². The van der Waals surface area contributed by atoms with Gasteiger partial charge in [-0.25, -0.2) is 0 Å². The highest BCUT2D eigenvalue weighted by atomic mass is 16.5. The molecule has 1 N–H and O–H groups in total. The molecule has 1 unspecified atom stereocenters. The molecule has 1 aliphatic rings. The molecule has 0 saturated carbocycles. The second kappa shape index (κ2) is 5.10. The summed E-state index contributed by atoms with van der Waals surface area (Å²) in [5.74, 6) is 0.751. The van der Waals surface area contributed by atoms with Crippen molar-refractivity contribution in [3.8, 4) is 11.8 Å².